The van der Waals surface area contributed by atoms with Crippen molar-refractivity contribution in [1.82, 2.24) is 5.32 Å². The minimum atomic E-state index is 0.674. The van der Waals surface area contributed by atoms with Gasteiger partial charge in [0, 0.05) is 11.0 Å². The van der Waals surface area contributed by atoms with Crippen LogP contribution in [-0.2, 0) is 0 Å². The van der Waals surface area contributed by atoms with Crippen LogP contribution in [0.4, 0.5) is 0 Å². The normalized spacial score (nSPS) is 22.2. The van der Waals surface area contributed by atoms with Gasteiger partial charge in [0.15, 0.2) is 0 Å². The Kier molecular flexibility index (Phi) is 4.74. The van der Waals surface area contributed by atoms with Crippen molar-refractivity contribution in [3.05, 3.63) is 34.3 Å². The molecule has 1 N–H and O–H groups in total. The van der Waals surface area contributed by atoms with E-state index in [1.807, 2.05) is 7.05 Å². The van der Waals surface area contributed by atoms with Crippen molar-refractivity contribution in [3.63, 3.8) is 0 Å². The molecule has 1 aliphatic heterocycles. The molecule has 2 rings (SSSR count). The molecule has 0 radical (unpaired) electrons. The second-order valence-corrected chi connectivity index (χ2v) is 6.40. The Labute approximate surface area is 111 Å². The average Bonchev–Trinajstić information content (AvgIpc) is 2.81. The standard InChI is InChI=1S/C13H18BrNS/c1-15-8-13(11-6-7-16-9-11)10-2-4-12(14)5-3-10/h2-5,11,13,15H,6-9H2,1H3. The number of hydrogen-bond donors (Lipinski definition) is 1. The number of nitrogens with one attached hydrogen (secondary N) is 1. The summed E-state index contributed by atoms with van der Waals surface area (Å²) in [6, 6.07) is 8.82. The zero-order valence-corrected chi connectivity index (χ0v) is 12.0. The predicted octanol–water partition coefficient (Wildman–Crippen LogP) is 3.51. The highest BCUT2D eigenvalue weighted by atomic mass is 79.9. The maximum absolute atomic E-state index is 3.50. The van der Waals surface area contributed by atoms with Crippen LogP contribution in [0, 0.1) is 5.92 Å². The Bertz CT molecular complexity index is 319. The van der Waals surface area contributed by atoms with Crippen LogP contribution in [0.3, 0.4) is 0 Å². The molecule has 16 heavy (non-hydrogen) atoms. The van der Waals surface area contributed by atoms with Gasteiger partial charge in [0.1, 0.15) is 0 Å². The lowest BCUT2D eigenvalue weighted by Crippen LogP contribution is -2.24. The zero-order valence-electron chi connectivity index (χ0n) is 9.58. The first kappa shape index (κ1) is 12.5. The Morgan fingerprint density at radius 2 is 2.19 bits per heavy atom. The number of likely N-dealkylation sites (N-methyl/N-ethyl adjacent to an activating group) is 1. The van der Waals surface area contributed by atoms with Crippen molar-refractivity contribution >= 4 is 27.7 Å². The van der Waals surface area contributed by atoms with Gasteiger partial charge in [-0.3, -0.25) is 0 Å². The molecule has 1 aromatic rings. The van der Waals surface area contributed by atoms with E-state index in [0.29, 0.717) is 5.92 Å². The first-order chi connectivity index (χ1) is 7.81. The molecule has 1 aromatic carbocycles. The van der Waals surface area contributed by atoms with Crippen LogP contribution in [0.25, 0.3) is 0 Å². The summed E-state index contributed by atoms with van der Waals surface area (Å²) in [6.45, 7) is 1.09. The fourth-order valence-corrected chi connectivity index (χ4v) is 3.96. The Hall–Kier alpha value is 0.01000. The lowest BCUT2D eigenvalue weighted by Gasteiger charge is -2.23. The van der Waals surface area contributed by atoms with Gasteiger partial charge in [-0.2, -0.15) is 11.8 Å². The van der Waals surface area contributed by atoms with Crippen molar-refractivity contribution in [2.75, 3.05) is 25.1 Å². The molecule has 2 unspecified atom stereocenters. The Morgan fingerprint density at radius 3 is 2.75 bits per heavy atom. The van der Waals surface area contributed by atoms with Crippen molar-refractivity contribution < 1.29 is 0 Å². The van der Waals surface area contributed by atoms with Gasteiger partial charge in [-0.25, -0.2) is 0 Å². The number of rotatable bonds is 4. The second-order valence-electron chi connectivity index (χ2n) is 4.34. The van der Waals surface area contributed by atoms with Crippen LogP contribution in [0.2, 0.25) is 0 Å². The molecule has 2 atom stereocenters. The molecular formula is C13H18BrNS. The van der Waals surface area contributed by atoms with E-state index in [1.54, 1.807) is 0 Å². The molecule has 1 nitrogen and oxygen atoms in total. The Morgan fingerprint density at radius 1 is 1.44 bits per heavy atom. The van der Waals surface area contributed by atoms with Crippen LogP contribution in [0.15, 0.2) is 28.7 Å². The maximum Gasteiger partial charge on any atom is 0.0175 e. The molecule has 0 amide bonds. The molecule has 0 aliphatic carbocycles. The van der Waals surface area contributed by atoms with Crippen LogP contribution in [0.1, 0.15) is 17.9 Å². The monoisotopic (exact) mass is 299 g/mol. The van der Waals surface area contributed by atoms with Crippen molar-refractivity contribution in [3.8, 4) is 0 Å². The summed E-state index contributed by atoms with van der Waals surface area (Å²) in [5.74, 6) is 4.18. The van der Waals surface area contributed by atoms with Gasteiger partial charge >= 0.3 is 0 Å². The highest BCUT2D eigenvalue weighted by Crippen LogP contribution is 2.35. The van der Waals surface area contributed by atoms with E-state index in [1.165, 1.54) is 28.0 Å². The number of hydrogen-bond acceptors (Lipinski definition) is 2. The minimum Gasteiger partial charge on any atom is -0.319 e. The highest BCUT2D eigenvalue weighted by molar-refractivity contribution is 9.10. The maximum atomic E-state index is 3.50. The van der Waals surface area contributed by atoms with Gasteiger partial charge in [0.05, 0.1) is 0 Å². The molecule has 0 aromatic heterocycles. The molecule has 3 heteroatoms. The van der Waals surface area contributed by atoms with Gasteiger partial charge in [0.2, 0.25) is 0 Å². The molecule has 88 valence electrons. The molecular weight excluding hydrogens is 282 g/mol. The predicted molar refractivity (Wildman–Crippen MR) is 76.2 cm³/mol. The van der Waals surface area contributed by atoms with E-state index < -0.39 is 0 Å². The highest BCUT2D eigenvalue weighted by Gasteiger charge is 2.25. The van der Waals surface area contributed by atoms with Crippen LogP contribution in [0.5, 0.6) is 0 Å². The minimum absolute atomic E-state index is 0.674. The second kappa shape index (κ2) is 6.08. The summed E-state index contributed by atoms with van der Waals surface area (Å²) in [4.78, 5) is 0. The molecule has 1 heterocycles. The summed E-state index contributed by atoms with van der Waals surface area (Å²) < 4.78 is 1.17. The molecule has 0 spiro atoms. The van der Waals surface area contributed by atoms with Crippen molar-refractivity contribution in [2.24, 2.45) is 5.92 Å². The topological polar surface area (TPSA) is 12.0 Å². The lowest BCUT2D eigenvalue weighted by molar-refractivity contribution is 0.453. The third-order valence-corrected chi connectivity index (χ3v) is 4.97. The zero-order chi connectivity index (χ0) is 11.4. The molecule has 1 aliphatic rings. The largest absolute Gasteiger partial charge is 0.319 e. The summed E-state index contributed by atoms with van der Waals surface area (Å²) in [7, 11) is 2.05. The number of halogens is 1. The van der Waals surface area contributed by atoms with E-state index in [-0.39, 0.29) is 0 Å². The van der Waals surface area contributed by atoms with Crippen molar-refractivity contribution in [1.29, 1.82) is 0 Å². The Balaban J connectivity index is 2.14. The van der Waals surface area contributed by atoms with Crippen LogP contribution in [-0.4, -0.2) is 25.1 Å². The first-order valence-electron chi connectivity index (χ1n) is 5.79. The quantitative estimate of drug-likeness (QED) is 0.913. The summed E-state index contributed by atoms with van der Waals surface area (Å²) >= 11 is 5.59. The smallest absolute Gasteiger partial charge is 0.0175 e. The summed E-state index contributed by atoms with van der Waals surface area (Å²) in [5.41, 5.74) is 1.48. The van der Waals surface area contributed by atoms with Crippen molar-refractivity contribution in [2.45, 2.75) is 12.3 Å². The third kappa shape index (κ3) is 3.02. The summed E-state index contributed by atoms with van der Waals surface area (Å²) in [6.07, 6.45) is 1.37. The first-order valence-corrected chi connectivity index (χ1v) is 7.74. The molecule has 1 saturated heterocycles. The van der Waals surface area contributed by atoms with Gasteiger partial charge in [0.25, 0.3) is 0 Å². The van der Waals surface area contributed by atoms with Gasteiger partial charge < -0.3 is 5.32 Å². The van der Waals surface area contributed by atoms with Gasteiger partial charge in [-0.1, -0.05) is 28.1 Å². The fourth-order valence-electron chi connectivity index (χ4n) is 2.36. The number of benzene rings is 1. The molecule has 0 saturated carbocycles. The SMILES string of the molecule is CNCC(c1ccc(Br)cc1)C1CCSC1. The van der Waals surface area contributed by atoms with Gasteiger partial charge in [-0.05, 0) is 54.5 Å². The van der Waals surface area contributed by atoms with Gasteiger partial charge in [-0.15, -0.1) is 0 Å². The molecule has 0 bridgehead atoms. The summed E-state index contributed by atoms with van der Waals surface area (Å²) in [5, 5.41) is 3.34. The fraction of sp³-hybridized carbons (Fsp3) is 0.538. The number of thioether (sulfide) groups is 1. The average molecular weight is 300 g/mol. The van der Waals surface area contributed by atoms with E-state index >= 15 is 0 Å². The van der Waals surface area contributed by atoms with E-state index in [0.717, 1.165) is 12.5 Å². The van der Waals surface area contributed by atoms with Crippen LogP contribution >= 0.6 is 27.7 Å². The third-order valence-electron chi connectivity index (χ3n) is 3.26. The van der Waals surface area contributed by atoms with Crippen LogP contribution < -0.4 is 5.32 Å². The molecule has 1 fully saturated rings. The van der Waals surface area contributed by atoms with E-state index in [2.05, 4.69) is 57.3 Å². The van der Waals surface area contributed by atoms with E-state index in [4.69, 9.17) is 0 Å². The van der Waals surface area contributed by atoms with E-state index in [9.17, 15) is 0 Å². The lowest BCUT2D eigenvalue weighted by atomic mass is 9.85.